The normalized spacial score (nSPS) is 19.6. The van der Waals surface area contributed by atoms with E-state index >= 15 is 0 Å². The fraction of sp³-hybridized carbons (Fsp3) is 0.500. The summed E-state index contributed by atoms with van der Waals surface area (Å²) in [6.45, 7) is 8.64. The zero-order valence-electron chi connectivity index (χ0n) is 12.6. The Kier molecular flexibility index (Phi) is 6.77. The van der Waals surface area contributed by atoms with Gasteiger partial charge in [-0.25, -0.2) is 4.79 Å². The molecular formula is C16H24N2O2. The third kappa shape index (κ3) is 5.43. The van der Waals surface area contributed by atoms with Gasteiger partial charge in [0.2, 0.25) is 0 Å². The summed E-state index contributed by atoms with van der Waals surface area (Å²) < 4.78 is 4.51. The van der Waals surface area contributed by atoms with Gasteiger partial charge in [0.15, 0.2) is 0 Å². The number of hydrogen-bond donors (Lipinski definition) is 1. The lowest BCUT2D eigenvalue weighted by molar-refractivity contribution is 0.174. The molecule has 0 aromatic carbocycles. The van der Waals surface area contributed by atoms with Gasteiger partial charge in [0.05, 0.1) is 13.7 Å². The standard InChI is InChI=1S/C16H24N2O2/c1-12(14(3)18-16(19)20-4)9-10-17-11-15-8-6-5-7-13(15)2/h8-10,13H,3,5-7,11H2,1-2,4H3,(H,18,19)/b12-9-,17-10?/t13-/m0/s1. The molecule has 4 nitrogen and oxygen atoms in total. The monoisotopic (exact) mass is 276 g/mol. The summed E-state index contributed by atoms with van der Waals surface area (Å²) in [5, 5.41) is 2.53. The Hall–Kier alpha value is -1.84. The maximum atomic E-state index is 11.0. The Bertz CT molecular complexity index is 447. The molecule has 0 aromatic heterocycles. The van der Waals surface area contributed by atoms with Gasteiger partial charge in [0, 0.05) is 11.9 Å². The Balaban J connectivity index is 2.45. The lowest BCUT2D eigenvalue weighted by Gasteiger charge is -2.18. The summed E-state index contributed by atoms with van der Waals surface area (Å²) in [5.41, 5.74) is 2.79. The predicted molar refractivity (Wildman–Crippen MR) is 82.9 cm³/mol. The molecule has 4 heteroatoms. The van der Waals surface area contributed by atoms with Crippen LogP contribution in [0.4, 0.5) is 4.79 Å². The fourth-order valence-electron chi connectivity index (χ4n) is 2.01. The van der Waals surface area contributed by atoms with Crippen LogP contribution in [0.15, 0.2) is 40.6 Å². The number of rotatable bonds is 5. The molecule has 1 aliphatic carbocycles. The van der Waals surface area contributed by atoms with E-state index in [9.17, 15) is 4.79 Å². The highest BCUT2D eigenvalue weighted by atomic mass is 16.5. The molecule has 1 atom stereocenters. The van der Waals surface area contributed by atoms with Gasteiger partial charge in [0.25, 0.3) is 0 Å². The first-order valence-electron chi connectivity index (χ1n) is 6.94. The second-order valence-electron chi connectivity index (χ2n) is 5.05. The molecule has 0 fully saturated rings. The van der Waals surface area contributed by atoms with Crippen molar-refractivity contribution in [3.8, 4) is 0 Å². The van der Waals surface area contributed by atoms with Crippen LogP contribution < -0.4 is 5.32 Å². The SMILES string of the molecule is C=C(NC(=O)OC)/C(C)=C\C=NCC1=CCCC[C@@H]1C. The first-order valence-corrected chi connectivity index (χ1v) is 6.94. The van der Waals surface area contributed by atoms with Crippen molar-refractivity contribution in [2.45, 2.75) is 33.1 Å². The molecule has 0 aliphatic heterocycles. The van der Waals surface area contributed by atoms with E-state index in [0.717, 1.165) is 12.1 Å². The van der Waals surface area contributed by atoms with Crippen molar-refractivity contribution in [1.82, 2.24) is 5.32 Å². The van der Waals surface area contributed by atoms with Gasteiger partial charge in [0.1, 0.15) is 0 Å². The van der Waals surface area contributed by atoms with E-state index in [1.807, 2.05) is 13.0 Å². The summed E-state index contributed by atoms with van der Waals surface area (Å²) in [4.78, 5) is 15.4. The van der Waals surface area contributed by atoms with Crippen LogP contribution in [0.2, 0.25) is 0 Å². The molecule has 1 rings (SSSR count). The van der Waals surface area contributed by atoms with Crippen LogP contribution in [0, 0.1) is 5.92 Å². The molecule has 0 spiro atoms. The number of hydrogen-bond acceptors (Lipinski definition) is 3. The number of alkyl carbamates (subject to hydrolysis) is 1. The van der Waals surface area contributed by atoms with E-state index in [2.05, 4.69) is 34.6 Å². The average Bonchev–Trinajstić information content (AvgIpc) is 2.44. The lowest BCUT2D eigenvalue weighted by Crippen LogP contribution is -2.22. The van der Waals surface area contributed by atoms with Crippen LogP contribution in [0.1, 0.15) is 33.1 Å². The minimum Gasteiger partial charge on any atom is -0.453 e. The van der Waals surface area contributed by atoms with Gasteiger partial charge in [-0.2, -0.15) is 0 Å². The van der Waals surface area contributed by atoms with Crippen molar-refractivity contribution in [3.05, 3.63) is 35.6 Å². The first kappa shape index (κ1) is 16.2. The summed E-state index contributed by atoms with van der Waals surface area (Å²) in [6, 6.07) is 0. The molecule has 1 N–H and O–H groups in total. The molecule has 0 bridgehead atoms. The number of amides is 1. The molecule has 1 amide bonds. The van der Waals surface area contributed by atoms with E-state index in [-0.39, 0.29) is 0 Å². The molecule has 0 unspecified atom stereocenters. The van der Waals surface area contributed by atoms with Crippen LogP contribution in [0.5, 0.6) is 0 Å². The van der Waals surface area contributed by atoms with Crippen molar-refractivity contribution >= 4 is 12.3 Å². The Morgan fingerprint density at radius 3 is 3.05 bits per heavy atom. The Morgan fingerprint density at radius 1 is 1.65 bits per heavy atom. The molecule has 0 heterocycles. The van der Waals surface area contributed by atoms with E-state index in [1.54, 1.807) is 6.21 Å². The summed E-state index contributed by atoms with van der Waals surface area (Å²) in [7, 11) is 1.32. The summed E-state index contributed by atoms with van der Waals surface area (Å²) in [6.07, 6.45) is 9.11. The predicted octanol–water partition coefficient (Wildman–Crippen LogP) is 3.62. The van der Waals surface area contributed by atoms with Gasteiger partial charge in [-0.15, -0.1) is 0 Å². The van der Waals surface area contributed by atoms with Crippen molar-refractivity contribution in [1.29, 1.82) is 0 Å². The van der Waals surface area contributed by atoms with Crippen LogP contribution in [-0.2, 0) is 4.74 Å². The highest BCUT2D eigenvalue weighted by Crippen LogP contribution is 2.23. The van der Waals surface area contributed by atoms with E-state index < -0.39 is 6.09 Å². The lowest BCUT2D eigenvalue weighted by atomic mass is 9.89. The maximum absolute atomic E-state index is 11.0. The van der Waals surface area contributed by atoms with Gasteiger partial charge in [-0.05, 0) is 43.8 Å². The molecule has 0 saturated carbocycles. The fourth-order valence-corrected chi connectivity index (χ4v) is 2.01. The topological polar surface area (TPSA) is 50.7 Å². The molecule has 0 saturated heterocycles. The van der Waals surface area contributed by atoms with Gasteiger partial charge < -0.3 is 4.74 Å². The average molecular weight is 276 g/mol. The van der Waals surface area contributed by atoms with Crippen LogP contribution in [0.25, 0.3) is 0 Å². The van der Waals surface area contributed by atoms with Crippen molar-refractivity contribution in [2.24, 2.45) is 10.9 Å². The second-order valence-corrected chi connectivity index (χ2v) is 5.05. The highest BCUT2D eigenvalue weighted by Gasteiger charge is 2.11. The molecule has 0 radical (unpaired) electrons. The molecule has 20 heavy (non-hydrogen) atoms. The van der Waals surface area contributed by atoms with Crippen molar-refractivity contribution < 1.29 is 9.53 Å². The largest absolute Gasteiger partial charge is 0.453 e. The highest BCUT2D eigenvalue weighted by molar-refractivity contribution is 5.75. The molecule has 0 aromatic rings. The first-order chi connectivity index (χ1) is 9.54. The smallest absolute Gasteiger partial charge is 0.411 e. The van der Waals surface area contributed by atoms with Crippen LogP contribution in [-0.4, -0.2) is 26.0 Å². The van der Waals surface area contributed by atoms with E-state index in [1.165, 1.54) is 31.9 Å². The number of nitrogens with zero attached hydrogens (tertiary/aromatic N) is 1. The molecule has 1 aliphatic rings. The minimum absolute atomic E-state index is 0.513. The number of allylic oxidation sites excluding steroid dienone is 3. The van der Waals surface area contributed by atoms with E-state index in [0.29, 0.717) is 11.6 Å². The van der Waals surface area contributed by atoms with E-state index in [4.69, 9.17) is 0 Å². The zero-order valence-corrected chi connectivity index (χ0v) is 12.6. The van der Waals surface area contributed by atoms with Crippen molar-refractivity contribution in [3.63, 3.8) is 0 Å². The minimum atomic E-state index is -0.513. The van der Waals surface area contributed by atoms with Gasteiger partial charge >= 0.3 is 6.09 Å². The second kappa shape index (κ2) is 8.35. The van der Waals surface area contributed by atoms with Crippen molar-refractivity contribution in [2.75, 3.05) is 13.7 Å². The third-order valence-electron chi connectivity index (χ3n) is 3.50. The molecular weight excluding hydrogens is 252 g/mol. The maximum Gasteiger partial charge on any atom is 0.411 e. The van der Waals surface area contributed by atoms with Gasteiger partial charge in [-0.1, -0.05) is 25.2 Å². The Labute approximate surface area is 121 Å². The van der Waals surface area contributed by atoms with Crippen LogP contribution in [0.3, 0.4) is 0 Å². The number of aliphatic imine (C=N–C) groups is 1. The number of carbonyl (C=O) groups excluding carboxylic acids is 1. The number of carbonyl (C=O) groups is 1. The summed E-state index contributed by atoms with van der Waals surface area (Å²) >= 11 is 0. The number of nitrogens with one attached hydrogen (secondary N) is 1. The number of ether oxygens (including phenoxy) is 1. The summed E-state index contributed by atoms with van der Waals surface area (Å²) in [5.74, 6) is 0.641. The van der Waals surface area contributed by atoms with Crippen LogP contribution >= 0.6 is 0 Å². The molecule has 110 valence electrons. The Morgan fingerprint density at radius 2 is 2.40 bits per heavy atom. The number of methoxy groups -OCH3 is 1. The van der Waals surface area contributed by atoms with Gasteiger partial charge in [-0.3, -0.25) is 10.3 Å². The quantitative estimate of drug-likeness (QED) is 0.473. The zero-order chi connectivity index (χ0) is 15.0. The third-order valence-corrected chi connectivity index (χ3v) is 3.50.